The highest BCUT2D eigenvalue weighted by Gasteiger charge is 2.63. The average molecular weight is 358 g/mol. The number of rotatable bonds is 3. The molecule has 1 aromatic carbocycles. The van der Waals surface area contributed by atoms with Crippen LogP contribution in [0.4, 0.5) is 5.82 Å². The summed E-state index contributed by atoms with van der Waals surface area (Å²) in [4.78, 5) is 26.8. The number of carbonyl (C=O) groups is 2. The van der Waals surface area contributed by atoms with Crippen molar-refractivity contribution in [2.24, 2.45) is 11.8 Å². The number of nitrogens with zero attached hydrogens (tertiary/aromatic N) is 3. The molecule has 25 heavy (non-hydrogen) atoms. The van der Waals surface area contributed by atoms with E-state index in [-0.39, 0.29) is 35.9 Å². The minimum absolute atomic E-state index is 0.110. The number of aromatic nitrogens is 2. The van der Waals surface area contributed by atoms with Crippen LogP contribution in [-0.4, -0.2) is 33.8 Å². The van der Waals surface area contributed by atoms with Gasteiger partial charge in [-0.2, -0.15) is 5.10 Å². The molecule has 2 aromatic rings. The van der Waals surface area contributed by atoms with Gasteiger partial charge in [-0.15, -0.1) is 0 Å². The number of halogens is 1. The van der Waals surface area contributed by atoms with Crippen LogP contribution in [0.15, 0.2) is 36.5 Å². The van der Waals surface area contributed by atoms with Crippen molar-refractivity contribution in [3.63, 3.8) is 0 Å². The summed E-state index contributed by atoms with van der Waals surface area (Å²) in [6, 6.07) is 9.24. The first kappa shape index (κ1) is 15.1. The van der Waals surface area contributed by atoms with Crippen LogP contribution in [0.1, 0.15) is 18.4 Å². The van der Waals surface area contributed by atoms with E-state index in [1.807, 2.05) is 24.3 Å². The number of amides is 2. The second-order valence-electron chi connectivity index (χ2n) is 6.82. The number of anilines is 1. The van der Waals surface area contributed by atoms with Crippen LogP contribution >= 0.6 is 11.6 Å². The molecule has 3 aliphatic heterocycles. The molecule has 4 atom stereocenters. The zero-order valence-corrected chi connectivity index (χ0v) is 14.1. The summed E-state index contributed by atoms with van der Waals surface area (Å²) in [5.74, 6) is -0.633. The molecule has 0 unspecified atom stereocenters. The molecule has 2 amide bonds. The molecule has 0 spiro atoms. The molecule has 7 heteroatoms. The monoisotopic (exact) mass is 357 g/mol. The van der Waals surface area contributed by atoms with Crippen molar-refractivity contribution < 1.29 is 14.3 Å². The van der Waals surface area contributed by atoms with Gasteiger partial charge in [0.1, 0.15) is 0 Å². The molecule has 3 fully saturated rings. The van der Waals surface area contributed by atoms with Gasteiger partial charge in [0, 0.05) is 17.3 Å². The summed E-state index contributed by atoms with van der Waals surface area (Å²) >= 11 is 6.18. The summed E-state index contributed by atoms with van der Waals surface area (Å²) < 4.78 is 7.44. The van der Waals surface area contributed by atoms with Crippen molar-refractivity contribution in [1.29, 1.82) is 0 Å². The number of hydrogen-bond donors (Lipinski definition) is 0. The Morgan fingerprint density at radius 3 is 2.44 bits per heavy atom. The SMILES string of the molecule is O=C1[C@@H]2[C@@H](C(=O)N1c1ccn(Cc3ccccc3Cl)n1)[C@@H]1CC[C@@H]2O1. The van der Waals surface area contributed by atoms with Gasteiger partial charge in [-0.1, -0.05) is 29.8 Å². The van der Waals surface area contributed by atoms with E-state index in [2.05, 4.69) is 5.10 Å². The van der Waals surface area contributed by atoms with Crippen LogP contribution in [-0.2, 0) is 20.9 Å². The Labute approximate surface area is 149 Å². The largest absolute Gasteiger partial charge is 0.373 e. The van der Waals surface area contributed by atoms with Gasteiger partial charge >= 0.3 is 0 Å². The van der Waals surface area contributed by atoms with Gasteiger partial charge in [0.2, 0.25) is 11.8 Å². The fourth-order valence-electron chi connectivity index (χ4n) is 4.30. The number of fused-ring (bicyclic) bond motifs is 5. The van der Waals surface area contributed by atoms with Crippen molar-refractivity contribution >= 4 is 29.2 Å². The lowest BCUT2D eigenvalue weighted by Crippen LogP contribution is -2.34. The molecule has 3 aliphatic rings. The van der Waals surface area contributed by atoms with Crippen molar-refractivity contribution in [1.82, 2.24) is 9.78 Å². The summed E-state index contributed by atoms with van der Waals surface area (Å²) in [5, 5.41) is 5.09. The summed E-state index contributed by atoms with van der Waals surface area (Å²) in [7, 11) is 0. The third kappa shape index (κ3) is 2.17. The highest BCUT2D eigenvalue weighted by Crippen LogP contribution is 2.49. The van der Waals surface area contributed by atoms with Gasteiger partial charge in [0.15, 0.2) is 5.82 Å². The van der Waals surface area contributed by atoms with Crippen LogP contribution < -0.4 is 4.90 Å². The lowest BCUT2D eigenvalue weighted by atomic mass is 9.81. The number of ether oxygens (including phenoxy) is 1. The van der Waals surface area contributed by atoms with Crippen LogP contribution in [0.2, 0.25) is 5.02 Å². The summed E-state index contributed by atoms with van der Waals surface area (Å²) in [6.45, 7) is 0.483. The van der Waals surface area contributed by atoms with Gasteiger partial charge in [0.05, 0.1) is 30.6 Å². The highest BCUT2D eigenvalue weighted by molar-refractivity contribution is 6.31. The lowest BCUT2D eigenvalue weighted by molar-refractivity contribution is -0.124. The van der Waals surface area contributed by atoms with Crippen LogP contribution in [0.5, 0.6) is 0 Å². The van der Waals surface area contributed by atoms with Gasteiger partial charge in [-0.25, -0.2) is 4.90 Å². The van der Waals surface area contributed by atoms with E-state index >= 15 is 0 Å². The number of imide groups is 1. The summed E-state index contributed by atoms with van der Waals surface area (Å²) in [5.41, 5.74) is 0.932. The van der Waals surface area contributed by atoms with Crippen LogP contribution in [0.25, 0.3) is 0 Å². The van der Waals surface area contributed by atoms with E-state index < -0.39 is 0 Å². The first-order valence-corrected chi connectivity index (χ1v) is 8.81. The number of carbonyl (C=O) groups excluding carboxylic acids is 2. The van der Waals surface area contributed by atoms with E-state index in [0.717, 1.165) is 18.4 Å². The Morgan fingerprint density at radius 2 is 1.76 bits per heavy atom. The first-order valence-electron chi connectivity index (χ1n) is 8.43. The Bertz CT molecular complexity index is 852. The van der Waals surface area contributed by atoms with E-state index in [1.165, 1.54) is 4.90 Å². The second kappa shape index (κ2) is 5.41. The van der Waals surface area contributed by atoms with Gasteiger partial charge < -0.3 is 4.74 Å². The van der Waals surface area contributed by atoms with Gasteiger partial charge in [0.25, 0.3) is 0 Å². The minimum atomic E-state index is -0.333. The maximum absolute atomic E-state index is 12.8. The first-order chi connectivity index (χ1) is 12.1. The standard InChI is InChI=1S/C18H16ClN3O3/c19-11-4-2-1-3-10(11)9-21-8-7-14(20-21)22-17(23)15-12-5-6-13(25-12)16(15)18(22)24/h1-4,7-8,12-13,15-16H,5-6,9H2/t12-,13-,15-,16-/m0/s1. The maximum Gasteiger partial charge on any atom is 0.241 e. The summed E-state index contributed by atoms with van der Waals surface area (Å²) in [6.07, 6.45) is 3.26. The van der Waals surface area contributed by atoms with E-state index in [9.17, 15) is 9.59 Å². The lowest BCUT2D eigenvalue weighted by Gasteiger charge is -2.15. The minimum Gasteiger partial charge on any atom is -0.373 e. The molecule has 128 valence electrons. The van der Waals surface area contributed by atoms with E-state index in [1.54, 1.807) is 16.9 Å². The maximum atomic E-state index is 12.8. The Morgan fingerprint density at radius 1 is 1.08 bits per heavy atom. The molecule has 3 saturated heterocycles. The molecular weight excluding hydrogens is 342 g/mol. The Balaban J connectivity index is 1.41. The fourth-order valence-corrected chi connectivity index (χ4v) is 4.49. The number of benzene rings is 1. The predicted octanol–water partition coefficient (Wildman–Crippen LogP) is 2.25. The quantitative estimate of drug-likeness (QED) is 0.790. The van der Waals surface area contributed by atoms with Gasteiger partial charge in [-0.3, -0.25) is 14.3 Å². The molecular formula is C18H16ClN3O3. The Kier molecular flexibility index (Phi) is 3.27. The molecule has 0 radical (unpaired) electrons. The highest BCUT2D eigenvalue weighted by atomic mass is 35.5. The normalized spacial score (nSPS) is 30.4. The van der Waals surface area contributed by atoms with Crippen LogP contribution in [0.3, 0.4) is 0 Å². The third-order valence-electron chi connectivity index (χ3n) is 5.43. The third-order valence-corrected chi connectivity index (χ3v) is 5.80. The van der Waals surface area contributed by atoms with E-state index in [4.69, 9.17) is 16.3 Å². The smallest absolute Gasteiger partial charge is 0.241 e. The second-order valence-corrected chi connectivity index (χ2v) is 7.22. The molecule has 0 N–H and O–H groups in total. The fraction of sp³-hybridized carbons (Fsp3) is 0.389. The van der Waals surface area contributed by atoms with Crippen molar-refractivity contribution in [2.45, 2.75) is 31.6 Å². The molecule has 2 bridgehead atoms. The van der Waals surface area contributed by atoms with Crippen molar-refractivity contribution in [2.75, 3.05) is 4.90 Å². The van der Waals surface area contributed by atoms with Crippen molar-refractivity contribution in [3.05, 3.63) is 47.1 Å². The predicted molar refractivity (Wildman–Crippen MR) is 90.1 cm³/mol. The van der Waals surface area contributed by atoms with Crippen molar-refractivity contribution in [3.8, 4) is 0 Å². The zero-order chi connectivity index (χ0) is 17.1. The van der Waals surface area contributed by atoms with Gasteiger partial charge in [-0.05, 0) is 24.5 Å². The topological polar surface area (TPSA) is 64.4 Å². The molecule has 4 heterocycles. The zero-order valence-electron chi connectivity index (χ0n) is 13.3. The Hall–Kier alpha value is -2.18. The average Bonchev–Trinajstić information content (AvgIpc) is 3.35. The molecule has 6 nitrogen and oxygen atoms in total. The molecule has 1 aromatic heterocycles. The molecule has 0 saturated carbocycles. The number of hydrogen-bond acceptors (Lipinski definition) is 4. The van der Waals surface area contributed by atoms with E-state index in [0.29, 0.717) is 17.4 Å². The molecule has 0 aliphatic carbocycles. The van der Waals surface area contributed by atoms with Crippen LogP contribution in [0, 0.1) is 11.8 Å². The molecule has 5 rings (SSSR count).